The molecule has 0 saturated carbocycles. The van der Waals surface area contributed by atoms with Crippen molar-refractivity contribution in [3.63, 3.8) is 0 Å². The summed E-state index contributed by atoms with van der Waals surface area (Å²) in [7, 11) is 3.19. The first-order valence-corrected chi connectivity index (χ1v) is 7.48. The molecule has 0 heterocycles. The number of carbonyl (C=O) groups is 2. The van der Waals surface area contributed by atoms with Gasteiger partial charge in [0.1, 0.15) is 0 Å². The molecule has 0 fully saturated rings. The highest BCUT2D eigenvalue weighted by Crippen LogP contribution is 2.16. The Labute approximate surface area is 144 Å². The van der Waals surface area contributed by atoms with E-state index in [0.29, 0.717) is 17.8 Å². The molecule has 8 nitrogen and oxygen atoms in total. The largest absolute Gasteiger partial charge is 0.355 e. The number of amides is 3. The van der Waals surface area contributed by atoms with Gasteiger partial charge < -0.3 is 15.5 Å². The summed E-state index contributed by atoms with van der Waals surface area (Å²) < 4.78 is 0. The monoisotopic (exact) mass is 342 g/mol. The summed E-state index contributed by atoms with van der Waals surface area (Å²) in [4.78, 5) is 35.3. The summed E-state index contributed by atoms with van der Waals surface area (Å²) >= 11 is 0. The normalized spacial score (nSPS) is 10.0. The first kappa shape index (κ1) is 17.9. The molecular weight excluding hydrogens is 324 g/mol. The van der Waals surface area contributed by atoms with Crippen molar-refractivity contribution in [2.24, 2.45) is 0 Å². The molecule has 0 aromatic heterocycles. The number of nitrogens with zero attached hydrogens (tertiary/aromatic N) is 2. The van der Waals surface area contributed by atoms with Gasteiger partial charge in [0.2, 0.25) is 0 Å². The van der Waals surface area contributed by atoms with E-state index in [9.17, 15) is 19.7 Å². The molecule has 8 heteroatoms. The van der Waals surface area contributed by atoms with Crippen molar-refractivity contribution in [1.82, 2.24) is 10.2 Å². The zero-order chi connectivity index (χ0) is 18.4. The number of hydrogen-bond donors (Lipinski definition) is 2. The number of urea groups is 1. The highest BCUT2D eigenvalue weighted by molar-refractivity contribution is 5.94. The zero-order valence-corrected chi connectivity index (χ0v) is 13.9. The Morgan fingerprint density at radius 2 is 1.68 bits per heavy atom. The zero-order valence-electron chi connectivity index (χ0n) is 13.9. The Hall–Kier alpha value is -3.42. The minimum absolute atomic E-state index is 0.0393. The summed E-state index contributed by atoms with van der Waals surface area (Å²) in [6, 6.07) is 12.2. The lowest BCUT2D eigenvalue weighted by Crippen LogP contribution is -2.30. The fourth-order valence-electron chi connectivity index (χ4n) is 2.14. The molecule has 25 heavy (non-hydrogen) atoms. The molecule has 0 aliphatic rings. The highest BCUT2D eigenvalue weighted by atomic mass is 16.6. The maximum Gasteiger partial charge on any atom is 0.321 e. The maximum absolute atomic E-state index is 12.2. The standard InChI is InChI=1S/C17H18N4O4/c1-18-16(22)13-5-3-12(4-6-13)11-20(2)17(23)19-14-7-9-15(10-8-14)21(24)25/h3-10H,11H2,1-2H3,(H,18,22)(H,19,23). The van der Waals surface area contributed by atoms with E-state index in [1.54, 1.807) is 38.4 Å². The molecule has 2 rings (SSSR count). The van der Waals surface area contributed by atoms with Gasteiger partial charge in [0.05, 0.1) is 4.92 Å². The van der Waals surface area contributed by atoms with E-state index in [2.05, 4.69) is 10.6 Å². The fraction of sp³-hybridized carbons (Fsp3) is 0.176. The van der Waals surface area contributed by atoms with Crippen molar-refractivity contribution in [3.05, 3.63) is 69.8 Å². The first-order chi connectivity index (χ1) is 11.9. The summed E-state index contributed by atoms with van der Waals surface area (Å²) in [6.07, 6.45) is 0. The fourth-order valence-corrected chi connectivity index (χ4v) is 2.14. The molecule has 0 spiro atoms. The number of carbonyl (C=O) groups excluding carboxylic acids is 2. The van der Waals surface area contributed by atoms with Gasteiger partial charge in [-0.05, 0) is 29.8 Å². The Balaban J connectivity index is 1.95. The number of nitro groups is 1. The molecule has 0 aliphatic carbocycles. The minimum Gasteiger partial charge on any atom is -0.355 e. The third kappa shape index (κ3) is 4.77. The average molecular weight is 342 g/mol. The van der Waals surface area contributed by atoms with Crippen molar-refractivity contribution in [1.29, 1.82) is 0 Å². The van der Waals surface area contributed by atoms with Crippen LogP contribution in [-0.2, 0) is 6.54 Å². The second kappa shape index (κ2) is 7.91. The number of anilines is 1. The minimum atomic E-state index is -0.500. The Bertz CT molecular complexity index is 772. The molecule has 0 atom stereocenters. The highest BCUT2D eigenvalue weighted by Gasteiger charge is 2.11. The van der Waals surface area contributed by atoms with Gasteiger partial charge in [0.25, 0.3) is 11.6 Å². The number of rotatable bonds is 5. The number of benzene rings is 2. The molecule has 0 saturated heterocycles. The van der Waals surface area contributed by atoms with Crippen LogP contribution in [0.3, 0.4) is 0 Å². The van der Waals surface area contributed by atoms with Crippen LogP contribution < -0.4 is 10.6 Å². The van der Waals surface area contributed by atoms with Crippen LogP contribution in [-0.4, -0.2) is 35.9 Å². The third-order valence-electron chi connectivity index (χ3n) is 3.54. The number of nitro benzene ring substituents is 1. The summed E-state index contributed by atoms with van der Waals surface area (Å²) in [5.41, 5.74) is 1.85. The number of nitrogens with one attached hydrogen (secondary N) is 2. The van der Waals surface area contributed by atoms with Crippen molar-refractivity contribution in [2.75, 3.05) is 19.4 Å². The van der Waals surface area contributed by atoms with E-state index in [1.807, 2.05) is 0 Å². The van der Waals surface area contributed by atoms with E-state index in [-0.39, 0.29) is 17.6 Å². The lowest BCUT2D eigenvalue weighted by molar-refractivity contribution is -0.384. The van der Waals surface area contributed by atoms with Gasteiger partial charge in [0, 0.05) is 44.0 Å². The second-order valence-electron chi connectivity index (χ2n) is 5.37. The van der Waals surface area contributed by atoms with E-state index in [4.69, 9.17) is 0 Å². The predicted molar refractivity (Wildman–Crippen MR) is 93.4 cm³/mol. The van der Waals surface area contributed by atoms with Crippen molar-refractivity contribution >= 4 is 23.3 Å². The van der Waals surface area contributed by atoms with Crippen LogP contribution in [0.4, 0.5) is 16.2 Å². The lowest BCUT2D eigenvalue weighted by atomic mass is 10.1. The Kier molecular flexibility index (Phi) is 5.67. The van der Waals surface area contributed by atoms with Crippen LogP contribution >= 0.6 is 0 Å². The van der Waals surface area contributed by atoms with Crippen LogP contribution in [0.2, 0.25) is 0 Å². The molecule has 2 N–H and O–H groups in total. The molecule has 2 aromatic carbocycles. The molecular formula is C17H18N4O4. The van der Waals surface area contributed by atoms with E-state index >= 15 is 0 Å². The summed E-state index contributed by atoms with van der Waals surface area (Å²) in [5.74, 6) is -0.171. The third-order valence-corrected chi connectivity index (χ3v) is 3.54. The quantitative estimate of drug-likeness (QED) is 0.643. The Morgan fingerprint density at radius 3 is 2.20 bits per heavy atom. The van der Waals surface area contributed by atoms with Gasteiger partial charge >= 0.3 is 6.03 Å². The van der Waals surface area contributed by atoms with Gasteiger partial charge in [-0.1, -0.05) is 12.1 Å². The molecule has 0 bridgehead atoms. The summed E-state index contributed by atoms with van der Waals surface area (Å²) in [5, 5.41) is 15.8. The van der Waals surface area contributed by atoms with Gasteiger partial charge in [-0.3, -0.25) is 14.9 Å². The van der Waals surface area contributed by atoms with Gasteiger partial charge in [0.15, 0.2) is 0 Å². The van der Waals surface area contributed by atoms with Crippen LogP contribution in [0.15, 0.2) is 48.5 Å². The van der Waals surface area contributed by atoms with E-state index in [1.165, 1.54) is 29.2 Å². The predicted octanol–water partition coefficient (Wildman–Crippen LogP) is 2.62. The summed E-state index contributed by atoms with van der Waals surface area (Å²) in [6.45, 7) is 0.354. The molecule has 0 radical (unpaired) electrons. The second-order valence-corrected chi connectivity index (χ2v) is 5.37. The molecule has 2 aromatic rings. The lowest BCUT2D eigenvalue weighted by Gasteiger charge is -2.18. The first-order valence-electron chi connectivity index (χ1n) is 7.48. The van der Waals surface area contributed by atoms with Gasteiger partial charge in [-0.25, -0.2) is 4.79 Å². The van der Waals surface area contributed by atoms with E-state index < -0.39 is 4.92 Å². The van der Waals surface area contributed by atoms with Crippen molar-refractivity contribution in [3.8, 4) is 0 Å². The Morgan fingerprint density at radius 1 is 1.08 bits per heavy atom. The van der Waals surface area contributed by atoms with Crippen LogP contribution in [0.25, 0.3) is 0 Å². The molecule has 0 aliphatic heterocycles. The van der Waals surface area contributed by atoms with Crippen LogP contribution in [0, 0.1) is 10.1 Å². The topological polar surface area (TPSA) is 105 Å². The number of hydrogen-bond acceptors (Lipinski definition) is 4. The van der Waals surface area contributed by atoms with Crippen LogP contribution in [0.1, 0.15) is 15.9 Å². The maximum atomic E-state index is 12.2. The average Bonchev–Trinajstić information content (AvgIpc) is 2.62. The smallest absolute Gasteiger partial charge is 0.321 e. The van der Waals surface area contributed by atoms with Crippen molar-refractivity contribution < 1.29 is 14.5 Å². The number of non-ortho nitro benzene ring substituents is 1. The van der Waals surface area contributed by atoms with Gasteiger partial charge in [-0.2, -0.15) is 0 Å². The van der Waals surface area contributed by atoms with Gasteiger partial charge in [-0.15, -0.1) is 0 Å². The molecule has 0 unspecified atom stereocenters. The van der Waals surface area contributed by atoms with Crippen LogP contribution in [0.5, 0.6) is 0 Å². The molecule has 3 amide bonds. The SMILES string of the molecule is CNC(=O)c1ccc(CN(C)C(=O)Nc2ccc([N+](=O)[O-])cc2)cc1. The van der Waals surface area contributed by atoms with E-state index in [0.717, 1.165) is 5.56 Å². The van der Waals surface area contributed by atoms with Crippen molar-refractivity contribution in [2.45, 2.75) is 6.54 Å². The molecule has 130 valence electrons.